The number of alkyl carbamates (subject to hydrolysis) is 1. The fraction of sp³-hybridized carbons (Fsp3) is 0.667. The van der Waals surface area contributed by atoms with Gasteiger partial charge >= 0.3 is 18.3 Å². The number of β-amino-alcohol motifs (C(OH)–C–C–N with tert-alkyl or cyclic N) is 1. The number of nitrogens with one attached hydrogen (secondary N) is 1. The second-order valence-electron chi connectivity index (χ2n) is 11.4. The third kappa shape index (κ3) is 6.54. The third-order valence-corrected chi connectivity index (χ3v) is 9.32. The second-order valence-corrected chi connectivity index (χ2v) is 13.4. The number of carbonyl (C=O) groups is 3. The van der Waals surface area contributed by atoms with Gasteiger partial charge in [-0.05, 0) is 59.6 Å². The molecule has 1 aliphatic carbocycles. The molecular weight excluding hydrogens is 556 g/mol. The third-order valence-electron chi connectivity index (χ3n) is 7.49. The van der Waals surface area contributed by atoms with E-state index in [1.165, 1.54) is 12.1 Å². The molecule has 0 unspecified atom stereocenters. The Hall–Kier alpha value is -3.10. The number of hydrogen-bond donors (Lipinski definition) is 2. The van der Waals surface area contributed by atoms with Crippen LogP contribution >= 0.6 is 0 Å². The molecule has 2 aliphatic heterocycles. The number of benzene rings is 1. The highest BCUT2D eigenvalue weighted by Crippen LogP contribution is 2.39. The zero-order chi connectivity index (χ0) is 30.1. The van der Waals surface area contributed by atoms with Crippen LogP contribution in [0.25, 0.3) is 0 Å². The molecule has 2 N–H and O–H groups in total. The molecule has 2 heterocycles. The van der Waals surface area contributed by atoms with Gasteiger partial charge in [-0.25, -0.2) is 32.8 Å². The molecule has 3 amide bonds. The van der Waals surface area contributed by atoms with E-state index in [0.717, 1.165) is 45.6 Å². The van der Waals surface area contributed by atoms with E-state index in [1.54, 1.807) is 39.8 Å². The summed E-state index contributed by atoms with van der Waals surface area (Å²) in [4.78, 5) is 39.5. The fourth-order valence-electron chi connectivity index (χ4n) is 5.47. The summed E-state index contributed by atoms with van der Waals surface area (Å²) in [7, 11) is -4.15. The molecule has 0 bridgehead atoms. The van der Waals surface area contributed by atoms with Crippen molar-refractivity contribution in [2.24, 2.45) is 0 Å². The number of hydrogen-bond acceptors (Lipinski definition) is 9. The minimum atomic E-state index is -4.15. The molecule has 13 nitrogen and oxygen atoms in total. The topological polar surface area (TPSA) is 155 Å². The van der Waals surface area contributed by atoms with Gasteiger partial charge in [0.2, 0.25) is 10.0 Å². The van der Waals surface area contributed by atoms with Crippen molar-refractivity contribution < 1.29 is 42.1 Å². The molecule has 14 heteroatoms. The van der Waals surface area contributed by atoms with E-state index in [-0.39, 0.29) is 10.9 Å². The van der Waals surface area contributed by atoms with Crippen LogP contribution in [0.4, 0.5) is 14.4 Å². The van der Waals surface area contributed by atoms with Crippen molar-refractivity contribution in [1.82, 2.24) is 19.6 Å². The lowest BCUT2D eigenvalue weighted by Gasteiger charge is -2.50. The minimum absolute atomic E-state index is 0.00540. The highest BCUT2D eigenvalue weighted by molar-refractivity contribution is 7.89. The lowest BCUT2D eigenvalue weighted by Crippen LogP contribution is -2.73. The number of ether oxygens (including phenoxy) is 3. The number of fused-ring (bicyclic) bond motifs is 1. The number of aryl methyl sites for hydroxylation is 1. The molecule has 228 valence electrons. The van der Waals surface area contributed by atoms with Gasteiger partial charge in [0.25, 0.3) is 0 Å². The van der Waals surface area contributed by atoms with Crippen molar-refractivity contribution in [1.29, 1.82) is 0 Å². The van der Waals surface area contributed by atoms with Gasteiger partial charge < -0.3 is 24.6 Å². The molecule has 0 spiro atoms. The summed E-state index contributed by atoms with van der Waals surface area (Å²) in [6.45, 7) is 6.96. The zero-order valence-corrected chi connectivity index (χ0v) is 24.9. The van der Waals surface area contributed by atoms with Crippen molar-refractivity contribution in [2.45, 2.75) is 101 Å². The number of hydrazine groups is 1. The van der Waals surface area contributed by atoms with Crippen molar-refractivity contribution in [3.8, 4) is 0 Å². The van der Waals surface area contributed by atoms with Gasteiger partial charge in [0.15, 0.2) is 6.10 Å². The van der Waals surface area contributed by atoms with Crippen molar-refractivity contribution in [2.75, 3.05) is 19.6 Å². The second kappa shape index (κ2) is 12.0. The van der Waals surface area contributed by atoms with E-state index >= 15 is 0 Å². The van der Waals surface area contributed by atoms with Gasteiger partial charge in [-0.1, -0.05) is 30.5 Å². The average molecular weight is 597 g/mol. The molecule has 1 aromatic rings. The number of aliphatic hydroxyl groups is 1. The first-order chi connectivity index (χ1) is 19.2. The van der Waals surface area contributed by atoms with Gasteiger partial charge in [-0.3, -0.25) is 0 Å². The predicted molar refractivity (Wildman–Crippen MR) is 146 cm³/mol. The SMILES string of the molecule is Cc1ccc(S(=O)(=O)N2C[C@H]3N(C(=O)OC(C)C)N(C(=O)OC(C)C)C[C@H](OC(=O)NC4CCCC4)[C@@]3(O)C2)cc1. The van der Waals surface area contributed by atoms with Gasteiger partial charge in [0.1, 0.15) is 11.6 Å². The van der Waals surface area contributed by atoms with Gasteiger partial charge in [0.05, 0.1) is 23.6 Å². The molecule has 4 rings (SSSR count). The smallest absolute Gasteiger partial charge is 0.429 e. The quantitative estimate of drug-likeness (QED) is 0.472. The molecule has 3 aliphatic rings. The Bertz CT molecular complexity index is 1230. The van der Waals surface area contributed by atoms with E-state index < -0.39 is 77.9 Å². The van der Waals surface area contributed by atoms with Gasteiger partial charge in [-0.2, -0.15) is 4.31 Å². The summed E-state index contributed by atoms with van der Waals surface area (Å²) in [6.07, 6.45) is -1.74. The van der Waals surface area contributed by atoms with Crippen LogP contribution in [-0.4, -0.2) is 102 Å². The average Bonchev–Trinajstić information content (AvgIpc) is 3.51. The highest BCUT2D eigenvalue weighted by Gasteiger charge is 2.64. The number of rotatable bonds is 6. The lowest BCUT2D eigenvalue weighted by atomic mass is 9.88. The largest absolute Gasteiger partial charge is 0.445 e. The maximum absolute atomic E-state index is 13.7. The van der Waals surface area contributed by atoms with E-state index in [2.05, 4.69) is 5.32 Å². The Labute approximate surface area is 240 Å². The summed E-state index contributed by atoms with van der Waals surface area (Å²) in [5, 5.41) is 16.7. The summed E-state index contributed by atoms with van der Waals surface area (Å²) < 4.78 is 44.8. The number of sulfonamides is 1. The summed E-state index contributed by atoms with van der Waals surface area (Å²) in [6, 6.07) is 4.79. The molecule has 3 fully saturated rings. The van der Waals surface area contributed by atoms with Crippen LogP contribution in [0.5, 0.6) is 0 Å². The number of amides is 3. The maximum Gasteiger partial charge on any atom is 0.429 e. The summed E-state index contributed by atoms with van der Waals surface area (Å²) in [5.74, 6) is 0. The van der Waals surface area contributed by atoms with Crippen LogP contribution in [0, 0.1) is 6.92 Å². The van der Waals surface area contributed by atoms with Crippen LogP contribution in [0.1, 0.15) is 58.9 Å². The maximum atomic E-state index is 13.7. The molecule has 0 radical (unpaired) electrons. The van der Waals surface area contributed by atoms with Gasteiger partial charge in [-0.15, -0.1) is 0 Å². The van der Waals surface area contributed by atoms with Gasteiger partial charge in [0, 0.05) is 19.1 Å². The first-order valence-corrected chi connectivity index (χ1v) is 15.4. The Morgan fingerprint density at radius 3 is 2.15 bits per heavy atom. The van der Waals surface area contributed by atoms with Crippen LogP contribution in [0.3, 0.4) is 0 Å². The van der Waals surface area contributed by atoms with Crippen molar-refractivity contribution in [3.63, 3.8) is 0 Å². The standard InChI is InChI=1S/C27H40N4O9S/c1-17(2)38-25(33)30-15-23(40-24(32)28-20-8-6-7-9-20)27(35)16-29(14-22(27)31(30)26(34)39-18(3)4)41(36,37)21-12-10-19(5)11-13-21/h10-13,17-18,20,22-23,35H,6-9,14-16H2,1-5H3,(H,28,32)/t22-,23+,27-/m1/s1. The van der Waals surface area contributed by atoms with E-state index in [9.17, 15) is 27.9 Å². The van der Waals surface area contributed by atoms with Crippen LogP contribution < -0.4 is 5.32 Å². The number of carbonyl (C=O) groups excluding carboxylic acids is 3. The highest BCUT2D eigenvalue weighted by atomic mass is 32.2. The Morgan fingerprint density at radius 2 is 1.56 bits per heavy atom. The summed E-state index contributed by atoms with van der Waals surface area (Å²) >= 11 is 0. The molecule has 1 aromatic carbocycles. The monoisotopic (exact) mass is 596 g/mol. The van der Waals surface area contributed by atoms with E-state index in [1.807, 2.05) is 6.92 Å². The minimum Gasteiger partial charge on any atom is -0.445 e. The summed E-state index contributed by atoms with van der Waals surface area (Å²) in [5.41, 5.74) is -1.21. The van der Waals surface area contributed by atoms with Crippen LogP contribution in [-0.2, 0) is 24.2 Å². The molecule has 0 aromatic heterocycles. The van der Waals surface area contributed by atoms with E-state index in [4.69, 9.17) is 14.2 Å². The van der Waals surface area contributed by atoms with Crippen LogP contribution in [0.15, 0.2) is 29.2 Å². The van der Waals surface area contributed by atoms with Crippen LogP contribution in [0.2, 0.25) is 0 Å². The fourth-order valence-corrected chi connectivity index (χ4v) is 6.96. The lowest BCUT2D eigenvalue weighted by molar-refractivity contribution is -0.191. The molecular formula is C27H40N4O9S. The molecule has 3 atom stereocenters. The Morgan fingerprint density at radius 1 is 0.976 bits per heavy atom. The normalized spacial score (nSPS) is 25.4. The first kappa shape index (κ1) is 30.8. The number of nitrogens with zero attached hydrogens (tertiary/aromatic N) is 3. The zero-order valence-electron chi connectivity index (χ0n) is 24.1. The first-order valence-electron chi connectivity index (χ1n) is 14.0. The Balaban J connectivity index is 1.72. The molecule has 41 heavy (non-hydrogen) atoms. The van der Waals surface area contributed by atoms with Crippen molar-refractivity contribution >= 4 is 28.3 Å². The molecule has 2 saturated heterocycles. The van der Waals surface area contributed by atoms with E-state index in [0.29, 0.717) is 0 Å². The predicted octanol–water partition coefficient (Wildman–Crippen LogP) is 2.76. The van der Waals surface area contributed by atoms with Crippen molar-refractivity contribution in [3.05, 3.63) is 29.8 Å². The Kier molecular flexibility index (Phi) is 9.04. The molecule has 1 saturated carbocycles.